The molecule has 0 saturated heterocycles. The van der Waals surface area contributed by atoms with E-state index in [9.17, 15) is 19.2 Å². The molecule has 154 valence electrons. The number of carbonyl (C=O) groups is 4. The van der Waals surface area contributed by atoms with Crippen LogP contribution in [0, 0.1) is 5.41 Å². The number of amides is 2. The maximum atomic E-state index is 13.3. The Bertz CT molecular complexity index is 862. The van der Waals surface area contributed by atoms with Crippen molar-refractivity contribution in [2.45, 2.75) is 25.8 Å². The quantitative estimate of drug-likeness (QED) is 0.503. The number of imide groups is 1. The molecule has 1 unspecified atom stereocenters. The lowest BCUT2D eigenvalue weighted by atomic mass is 9.72. The molecule has 8 heteroatoms. The predicted molar refractivity (Wildman–Crippen MR) is 106 cm³/mol. The molecule has 0 aliphatic heterocycles. The van der Waals surface area contributed by atoms with E-state index < -0.39 is 41.6 Å². The average Bonchev–Trinajstić information content (AvgIpc) is 2.72. The summed E-state index contributed by atoms with van der Waals surface area (Å²) in [6.07, 6.45) is 4.50. The van der Waals surface area contributed by atoms with Crippen molar-refractivity contribution in [2.24, 2.45) is 16.9 Å². The average molecular weight is 399 g/mol. The highest BCUT2D eigenvalue weighted by molar-refractivity contribution is 6.14. The van der Waals surface area contributed by atoms with Crippen LogP contribution in [0.15, 0.2) is 54.3 Å². The highest BCUT2D eigenvalue weighted by Gasteiger charge is 2.49. The van der Waals surface area contributed by atoms with Crippen molar-refractivity contribution >= 4 is 23.6 Å². The Kier molecular flexibility index (Phi) is 7.06. The Hall–Kier alpha value is -3.26. The van der Waals surface area contributed by atoms with Crippen LogP contribution in [0.3, 0.4) is 0 Å². The maximum Gasteiger partial charge on any atom is 0.325 e. The van der Waals surface area contributed by atoms with E-state index in [0.29, 0.717) is 10.6 Å². The fourth-order valence-electron chi connectivity index (χ4n) is 3.15. The molecule has 29 heavy (non-hydrogen) atoms. The van der Waals surface area contributed by atoms with Gasteiger partial charge >= 0.3 is 5.97 Å². The summed E-state index contributed by atoms with van der Waals surface area (Å²) in [5, 5.41) is 0. The summed E-state index contributed by atoms with van der Waals surface area (Å²) in [5.41, 5.74) is 11.4. The van der Waals surface area contributed by atoms with Gasteiger partial charge < -0.3 is 16.2 Å². The number of esters is 1. The zero-order valence-corrected chi connectivity index (χ0v) is 16.5. The number of methoxy groups -OCH3 is 1. The number of rotatable bonds is 7. The largest absolute Gasteiger partial charge is 0.468 e. The normalized spacial score (nSPS) is 19.1. The van der Waals surface area contributed by atoms with Crippen LogP contribution in [0.2, 0.25) is 0 Å². The van der Waals surface area contributed by atoms with E-state index in [1.54, 1.807) is 0 Å². The van der Waals surface area contributed by atoms with Crippen LogP contribution < -0.4 is 11.5 Å². The molecule has 1 aromatic carbocycles. The molecule has 0 spiro atoms. The monoisotopic (exact) mass is 399 g/mol. The van der Waals surface area contributed by atoms with Crippen LogP contribution in [0.5, 0.6) is 0 Å². The molecule has 0 fully saturated rings. The standard InChI is InChI=1S/C21H25N3O5/c1-14(25)24(13-18(26)29-2)20(28)21(10-8-16(22)9-11-21)19(27)17(23)12-15-6-4-3-5-7-15/h3-10,17H,11-13,22-23H2,1-2H3/t17-,21?/m0/s1. The van der Waals surface area contributed by atoms with E-state index in [0.717, 1.165) is 19.6 Å². The number of benzene rings is 1. The third-order valence-corrected chi connectivity index (χ3v) is 4.82. The number of Topliss-reactive ketones (excluding diaryl/α,β-unsaturated/α-hetero) is 1. The lowest BCUT2D eigenvalue weighted by molar-refractivity contribution is -0.158. The Balaban J connectivity index is 2.38. The molecular formula is C21H25N3O5. The van der Waals surface area contributed by atoms with Crippen LogP contribution >= 0.6 is 0 Å². The van der Waals surface area contributed by atoms with Crippen LogP contribution in [-0.2, 0) is 30.3 Å². The zero-order valence-electron chi connectivity index (χ0n) is 16.5. The van der Waals surface area contributed by atoms with Crippen LogP contribution in [-0.4, -0.2) is 48.2 Å². The lowest BCUT2D eigenvalue weighted by Crippen LogP contribution is -2.55. The predicted octanol–water partition coefficient (Wildman–Crippen LogP) is 0.463. The van der Waals surface area contributed by atoms with Crippen molar-refractivity contribution in [2.75, 3.05) is 13.7 Å². The molecule has 0 aromatic heterocycles. The van der Waals surface area contributed by atoms with Crippen molar-refractivity contribution in [3.8, 4) is 0 Å². The number of hydrogen-bond donors (Lipinski definition) is 2. The Morgan fingerprint density at radius 1 is 1.21 bits per heavy atom. The maximum absolute atomic E-state index is 13.3. The topological polar surface area (TPSA) is 133 Å². The SMILES string of the molecule is COC(=O)CN(C(C)=O)C(=O)C1(C(=O)[C@@H](N)Cc2ccccc2)C=CC(N)=CC1. The van der Waals surface area contributed by atoms with E-state index in [4.69, 9.17) is 11.5 Å². The third kappa shape index (κ3) is 4.97. The smallest absolute Gasteiger partial charge is 0.325 e. The van der Waals surface area contributed by atoms with Crippen molar-refractivity contribution in [3.05, 3.63) is 59.8 Å². The molecule has 0 heterocycles. The van der Waals surface area contributed by atoms with Crippen LogP contribution in [0.4, 0.5) is 0 Å². The molecule has 0 saturated carbocycles. The second kappa shape index (κ2) is 9.29. The number of carbonyl (C=O) groups excluding carboxylic acids is 4. The lowest BCUT2D eigenvalue weighted by Gasteiger charge is -2.34. The Morgan fingerprint density at radius 2 is 1.86 bits per heavy atom. The van der Waals surface area contributed by atoms with Gasteiger partial charge in [0.05, 0.1) is 13.2 Å². The molecular weight excluding hydrogens is 374 g/mol. The van der Waals surface area contributed by atoms with Gasteiger partial charge in [-0.2, -0.15) is 0 Å². The Morgan fingerprint density at radius 3 is 2.38 bits per heavy atom. The highest BCUT2D eigenvalue weighted by atomic mass is 16.5. The molecule has 2 rings (SSSR count). The van der Waals surface area contributed by atoms with Gasteiger partial charge in [0.15, 0.2) is 5.78 Å². The molecule has 1 aliphatic carbocycles. The van der Waals surface area contributed by atoms with Gasteiger partial charge in [0.25, 0.3) is 0 Å². The summed E-state index contributed by atoms with van der Waals surface area (Å²) < 4.78 is 4.56. The highest BCUT2D eigenvalue weighted by Crippen LogP contribution is 2.34. The van der Waals surface area contributed by atoms with Crippen LogP contribution in [0.25, 0.3) is 0 Å². The third-order valence-electron chi connectivity index (χ3n) is 4.82. The minimum atomic E-state index is -1.73. The minimum Gasteiger partial charge on any atom is -0.468 e. The summed E-state index contributed by atoms with van der Waals surface area (Å²) >= 11 is 0. The first-order chi connectivity index (χ1) is 13.7. The summed E-state index contributed by atoms with van der Waals surface area (Å²) in [7, 11) is 1.14. The van der Waals surface area contributed by atoms with Gasteiger partial charge in [-0.05, 0) is 24.5 Å². The second-order valence-electron chi connectivity index (χ2n) is 6.86. The van der Waals surface area contributed by atoms with Crippen molar-refractivity contribution < 1.29 is 23.9 Å². The summed E-state index contributed by atoms with van der Waals surface area (Å²) in [5.74, 6) is -2.84. The molecule has 0 bridgehead atoms. The summed E-state index contributed by atoms with van der Waals surface area (Å²) in [6.45, 7) is 0.542. The molecule has 8 nitrogen and oxygen atoms in total. The fraction of sp³-hybridized carbons (Fsp3) is 0.333. The Labute approximate surface area is 169 Å². The minimum absolute atomic E-state index is 0.0551. The van der Waals surface area contributed by atoms with Crippen LogP contribution in [0.1, 0.15) is 18.9 Å². The molecule has 1 aromatic rings. The van der Waals surface area contributed by atoms with E-state index in [1.807, 2.05) is 30.3 Å². The van der Waals surface area contributed by atoms with E-state index in [1.165, 1.54) is 18.2 Å². The molecule has 1 aliphatic rings. The van der Waals surface area contributed by atoms with Gasteiger partial charge in [-0.3, -0.25) is 24.1 Å². The van der Waals surface area contributed by atoms with E-state index in [2.05, 4.69) is 4.74 Å². The first-order valence-electron chi connectivity index (χ1n) is 9.09. The fourth-order valence-corrected chi connectivity index (χ4v) is 3.15. The molecule has 4 N–H and O–H groups in total. The molecule has 0 radical (unpaired) electrons. The van der Waals surface area contributed by atoms with E-state index in [-0.39, 0.29) is 12.8 Å². The van der Waals surface area contributed by atoms with E-state index >= 15 is 0 Å². The first kappa shape index (κ1) is 22.0. The number of nitrogens with two attached hydrogens (primary N) is 2. The summed E-state index contributed by atoms with van der Waals surface area (Å²) in [4.78, 5) is 51.1. The van der Waals surface area contributed by atoms with Gasteiger partial charge in [-0.15, -0.1) is 0 Å². The first-order valence-corrected chi connectivity index (χ1v) is 9.09. The van der Waals surface area contributed by atoms with Gasteiger partial charge in [0.2, 0.25) is 11.8 Å². The van der Waals surface area contributed by atoms with Crippen molar-refractivity contribution in [1.29, 1.82) is 0 Å². The number of hydrogen-bond acceptors (Lipinski definition) is 7. The van der Waals surface area contributed by atoms with Crippen molar-refractivity contribution in [3.63, 3.8) is 0 Å². The van der Waals surface area contributed by atoms with Crippen molar-refractivity contribution in [1.82, 2.24) is 4.90 Å². The summed E-state index contributed by atoms with van der Waals surface area (Å²) in [6, 6.07) is 8.16. The second-order valence-corrected chi connectivity index (χ2v) is 6.86. The number of allylic oxidation sites excluding steroid dienone is 2. The molecule has 2 amide bonds. The molecule has 2 atom stereocenters. The number of ether oxygens (including phenoxy) is 1. The van der Waals surface area contributed by atoms with Gasteiger partial charge in [0.1, 0.15) is 12.0 Å². The number of nitrogens with zero attached hydrogens (tertiary/aromatic N) is 1. The number of ketones is 1. The van der Waals surface area contributed by atoms with Gasteiger partial charge in [-0.1, -0.05) is 42.5 Å². The van der Waals surface area contributed by atoms with Gasteiger partial charge in [0, 0.05) is 12.6 Å². The zero-order chi connectivity index (χ0) is 21.6. The van der Waals surface area contributed by atoms with Gasteiger partial charge in [-0.25, -0.2) is 0 Å².